The van der Waals surface area contributed by atoms with E-state index in [1.165, 1.54) is 9.75 Å². The van der Waals surface area contributed by atoms with E-state index in [9.17, 15) is 4.79 Å². The first-order valence-corrected chi connectivity index (χ1v) is 7.53. The molecule has 4 heteroatoms. The number of thiophene rings is 1. The average molecular weight is 266 g/mol. The lowest BCUT2D eigenvalue weighted by atomic mass is 10.1. The second kappa shape index (κ2) is 6.34. The Bertz CT molecular complexity index is 402. The molecule has 1 N–H and O–H groups in total. The molecule has 0 aliphatic carbocycles. The van der Waals surface area contributed by atoms with Crippen LogP contribution in [0.5, 0.6) is 0 Å². The van der Waals surface area contributed by atoms with Gasteiger partial charge in [0.25, 0.3) is 0 Å². The highest BCUT2D eigenvalue weighted by Gasteiger charge is 2.19. The largest absolute Gasteiger partial charge is 0.340 e. The van der Waals surface area contributed by atoms with Crippen LogP contribution in [-0.4, -0.2) is 36.5 Å². The lowest BCUT2D eigenvalue weighted by Crippen LogP contribution is -2.51. The van der Waals surface area contributed by atoms with E-state index in [0.29, 0.717) is 18.4 Å². The molecule has 0 bridgehead atoms. The molecule has 0 radical (unpaired) electrons. The predicted molar refractivity (Wildman–Crippen MR) is 76.0 cm³/mol. The molecule has 2 rings (SSSR count). The SMILES string of the molecule is Cc1ccc(CCCC(=O)N2CCNC(C)C2)s1. The van der Waals surface area contributed by atoms with E-state index in [1.54, 1.807) is 0 Å². The van der Waals surface area contributed by atoms with Crippen molar-refractivity contribution in [2.24, 2.45) is 0 Å². The zero-order valence-electron chi connectivity index (χ0n) is 11.2. The van der Waals surface area contributed by atoms with Crippen LogP contribution in [0.25, 0.3) is 0 Å². The second-order valence-electron chi connectivity index (χ2n) is 5.06. The third kappa shape index (κ3) is 3.82. The van der Waals surface area contributed by atoms with Gasteiger partial charge in [-0.05, 0) is 38.8 Å². The van der Waals surface area contributed by atoms with Crippen LogP contribution in [0.1, 0.15) is 29.5 Å². The molecular weight excluding hydrogens is 244 g/mol. The van der Waals surface area contributed by atoms with Crippen molar-refractivity contribution in [3.63, 3.8) is 0 Å². The molecule has 1 aromatic heterocycles. The van der Waals surface area contributed by atoms with Crippen molar-refractivity contribution >= 4 is 17.2 Å². The van der Waals surface area contributed by atoms with Gasteiger partial charge in [0.05, 0.1) is 0 Å². The summed E-state index contributed by atoms with van der Waals surface area (Å²) in [6.07, 6.45) is 2.69. The van der Waals surface area contributed by atoms with E-state index in [-0.39, 0.29) is 0 Å². The van der Waals surface area contributed by atoms with Crippen molar-refractivity contribution in [1.29, 1.82) is 0 Å². The van der Waals surface area contributed by atoms with E-state index >= 15 is 0 Å². The first kappa shape index (κ1) is 13.6. The van der Waals surface area contributed by atoms with Crippen molar-refractivity contribution < 1.29 is 4.79 Å². The zero-order chi connectivity index (χ0) is 13.0. The number of carbonyl (C=O) groups is 1. The van der Waals surface area contributed by atoms with Crippen molar-refractivity contribution in [1.82, 2.24) is 10.2 Å². The first-order chi connectivity index (χ1) is 8.65. The maximum Gasteiger partial charge on any atom is 0.222 e. The predicted octanol–water partition coefficient (Wildman–Crippen LogP) is 2.20. The van der Waals surface area contributed by atoms with Crippen molar-refractivity contribution in [3.8, 4) is 0 Å². The monoisotopic (exact) mass is 266 g/mol. The Morgan fingerprint density at radius 2 is 2.39 bits per heavy atom. The van der Waals surface area contributed by atoms with Crippen LogP contribution in [0.2, 0.25) is 0 Å². The van der Waals surface area contributed by atoms with Gasteiger partial charge in [0, 0.05) is 41.9 Å². The topological polar surface area (TPSA) is 32.3 Å². The lowest BCUT2D eigenvalue weighted by Gasteiger charge is -2.32. The molecule has 1 aliphatic heterocycles. The van der Waals surface area contributed by atoms with Gasteiger partial charge < -0.3 is 10.2 Å². The molecule has 3 nitrogen and oxygen atoms in total. The van der Waals surface area contributed by atoms with Gasteiger partial charge in [0.15, 0.2) is 0 Å². The second-order valence-corrected chi connectivity index (χ2v) is 6.43. The summed E-state index contributed by atoms with van der Waals surface area (Å²) < 4.78 is 0. The van der Waals surface area contributed by atoms with Gasteiger partial charge >= 0.3 is 0 Å². The number of piperazine rings is 1. The van der Waals surface area contributed by atoms with Gasteiger partial charge in [-0.15, -0.1) is 11.3 Å². The Balaban J connectivity index is 1.71. The van der Waals surface area contributed by atoms with E-state index in [0.717, 1.165) is 32.5 Å². The fourth-order valence-electron chi connectivity index (χ4n) is 2.35. The number of nitrogens with one attached hydrogen (secondary N) is 1. The maximum absolute atomic E-state index is 12.0. The van der Waals surface area contributed by atoms with Crippen LogP contribution < -0.4 is 5.32 Å². The average Bonchev–Trinajstić information content (AvgIpc) is 2.75. The minimum atomic E-state index is 0.316. The van der Waals surface area contributed by atoms with Crippen molar-refractivity contribution in [2.75, 3.05) is 19.6 Å². The van der Waals surface area contributed by atoms with Crippen LogP contribution >= 0.6 is 11.3 Å². The molecule has 1 aliphatic rings. The Morgan fingerprint density at radius 3 is 3.06 bits per heavy atom. The smallest absolute Gasteiger partial charge is 0.222 e. The van der Waals surface area contributed by atoms with E-state index < -0.39 is 0 Å². The molecule has 18 heavy (non-hydrogen) atoms. The number of hydrogen-bond acceptors (Lipinski definition) is 3. The highest BCUT2D eigenvalue weighted by molar-refractivity contribution is 7.11. The van der Waals surface area contributed by atoms with Gasteiger partial charge in [-0.1, -0.05) is 0 Å². The normalized spacial score (nSPS) is 20.1. The maximum atomic E-state index is 12.0. The van der Waals surface area contributed by atoms with Gasteiger partial charge in [0.1, 0.15) is 0 Å². The summed E-state index contributed by atoms with van der Waals surface area (Å²) in [6.45, 7) is 6.91. The molecule has 2 heterocycles. The summed E-state index contributed by atoms with van der Waals surface area (Å²) in [5, 5.41) is 3.36. The molecule has 0 saturated carbocycles. The summed E-state index contributed by atoms with van der Waals surface area (Å²) in [7, 11) is 0. The molecule has 1 amide bonds. The number of aryl methyl sites for hydroxylation is 2. The standard InChI is InChI=1S/C14H22N2OS/c1-11-10-16(9-8-15-11)14(17)5-3-4-13-7-6-12(2)18-13/h6-7,11,15H,3-5,8-10H2,1-2H3. The van der Waals surface area contributed by atoms with Gasteiger partial charge in [-0.25, -0.2) is 0 Å². The van der Waals surface area contributed by atoms with E-state index in [4.69, 9.17) is 0 Å². The molecular formula is C14H22N2OS. The Hall–Kier alpha value is -0.870. The van der Waals surface area contributed by atoms with Crippen LogP contribution in [0.3, 0.4) is 0 Å². The third-order valence-electron chi connectivity index (χ3n) is 3.33. The summed E-state index contributed by atoms with van der Waals surface area (Å²) >= 11 is 1.84. The summed E-state index contributed by atoms with van der Waals surface area (Å²) in [4.78, 5) is 16.8. The Kier molecular flexibility index (Phi) is 4.78. The fourth-order valence-corrected chi connectivity index (χ4v) is 3.28. The lowest BCUT2D eigenvalue weighted by molar-refractivity contribution is -0.132. The number of nitrogens with zero attached hydrogens (tertiary/aromatic N) is 1. The summed E-state index contributed by atoms with van der Waals surface area (Å²) in [5.41, 5.74) is 0. The highest BCUT2D eigenvalue weighted by Crippen LogP contribution is 2.17. The summed E-state index contributed by atoms with van der Waals surface area (Å²) in [5.74, 6) is 0.316. The fraction of sp³-hybridized carbons (Fsp3) is 0.643. The Morgan fingerprint density at radius 1 is 1.56 bits per heavy atom. The summed E-state index contributed by atoms with van der Waals surface area (Å²) in [6, 6.07) is 4.76. The van der Waals surface area contributed by atoms with Crippen molar-refractivity contribution in [3.05, 3.63) is 21.9 Å². The molecule has 100 valence electrons. The quantitative estimate of drug-likeness (QED) is 0.906. The van der Waals surface area contributed by atoms with Gasteiger partial charge in [-0.2, -0.15) is 0 Å². The molecule has 1 aromatic rings. The minimum Gasteiger partial charge on any atom is -0.340 e. The number of rotatable bonds is 4. The van der Waals surface area contributed by atoms with Crippen LogP contribution in [-0.2, 0) is 11.2 Å². The first-order valence-electron chi connectivity index (χ1n) is 6.71. The molecule has 1 saturated heterocycles. The van der Waals surface area contributed by atoms with Gasteiger partial charge in [-0.3, -0.25) is 4.79 Å². The van der Waals surface area contributed by atoms with Gasteiger partial charge in [0.2, 0.25) is 5.91 Å². The minimum absolute atomic E-state index is 0.316. The molecule has 1 atom stereocenters. The molecule has 0 spiro atoms. The highest BCUT2D eigenvalue weighted by atomic mass is 32.1. The van der Waals surface area contributed by atoms with Crippen LogP contribution in [0, 0.1) is 6.92 Å². The van der Waals surface area contributed by atoms with Crippen molar-refractivity contribution in [2.45, 2.75) is 39.2 Å². The molecule has 1 fully saturated rings. The van der Waals surface area contributed by atoms with E-state index in [2.05, 4.69) is 31.3 Å². The molecule has 0 aromatic carbocycles. The zero-order valence-corrected chi connectivity index (χ0v) is 12.1. The number of carbonyl (C=O) groups excluding carboxylic acids is 1. The third-order valence-corrected chi connectivity index (χ3v) is 4.39. The van der Waals surface area contributed by atoms with E-state index in [1.807, 2.05) is 16.2 Å². The number of amides is 1. The number of hydrogen-bond donors (Lipinski definition) is 1. The van der Waals surface area contributed by atoms with Crippen LogP contribution in [0.4, 0.5) is 0 Å². The Labute approximate surface area is 113 Å². The molecule has 1 unspecified atom stereocenters. The van der Waals surface area contributed by atoms with Crippen LogP contribution in [0.15, 0.2) is 12.1 Å².